The van der Waals surface area contributed by atoms with Gasteiger partial charge < -0.3 is 15.0 Å². The number of ether oxygens (including phenoxy) is 1. The number of benzene rings is 2. The van der Waals surface area contributed by atoms with Gasteiger partial charge in [0.1, 0.15) is 18.3 Å². The van der Waals surface area contributed by atoms with Crippen LogP contribution in [0.15, 0.2) is 48.5 Å². The SMILES string of the molecule is CCOc1ccc(N(CC(=O)N(Cc2ccc(C)cc2)[C@H](CC)C(=O)N[C@@H](C)CC)S(C)(=O)=O)cc1. The molecule has 0 heterocycles. The first-order valence-corrected chi connectivity index (χ1v) is 14.2. The Morgan fingerprint density at radius 2 is 1.58 bits per heavy atom. The molecule has 9 heteroatoms. The van der Waals surface area contributed by atoms with Crippen molar-refractivity contribution < 1.29 is 22.7 Å². The molecule has 0 unspecified atom stereocenters. The predicted octanol–water partition coefficient (Wildman–Crippen LogP) is 3.88. The molecule has 0 aliphatic rings. The van der Waals surface area contributed by atoms with E-state index in [9.17, 15) is 18.0 Å². The highest BCUT2D eigenvalue weighted by molar-refractivity contribution is 7.92. The topological polar surface area (TPSA) is 96.0 Å². The number of carbonyl (C=O) groups is 2. The lowest BCUT2D eigenvalue weighted by molar-refractivity contribution is -0.140. The summed E-state index contributed by atoms with van der Waals surface area (Å²) < 4.78 is 31.9. The summed E-state index contributed by atoms with van der Waals surface area (Å²) in [6.45, 7) is 9.81. The van der Waals surface area contributed by atoms with Crippen LogP contribution >= 0.6 is 0 Å². The molecule has 0 spiro atoms. The van der Waals surface area contributed by atoms with Crippen molar-refractivity contribution in [1.29, 1.82) is 0 Å². The number of carbonyl (C=O) groups excluding carboxylic acids is 2. The molecule has 2 rings (SSSR count). The first kappa shape index (κ1) is 29.2. The van der Waals surface area contributed by atoms with E-state index >= 15 is 0 Å². The third kappa shape index (κ3) is 8.26. The maximum absolute atomic E-state index is 13.7. The number of anilines is 1. The van der Waals surface area contributed by atoms with Crippen molar-refractivity contribution in [2.75, 3.05) is 23.7 Å². The van der Waals surface area contributed by atoms with E-state index in [1.807, 2.05) is 58.9 Å². The smallest absolute Gasteiger partial charge is 0.244 e. The first-order chi connectivity index (χ1) is 17.0. The summed E-state index contributed by atoms with van der Waals surface area (Å²) in [6, 6.07) is 13.5. The zero-order valence-electron chi connectivity index (χ0n) is 22.2. The van der Waals surface area contributed by atoms with Crippen LogP contribution in [0.2, 0.25) is 0 Å². The Labute approximate surface area is 215 Å². The third-order valence-corrected chi connectivity index (χ3v) is 7.12. The van der Waals surface area contributed by atoms with Gasteiger partial charge in [0.25, 0.3) is 0 Å². The van der Waals surface area contributed by atoms with Gasteiger partial charge in [-0.3, -0.25) is 13.9 Å². The summed E-state index contributed by atoms with van der Waals surface area (Å²) in [6.07, 6.45) is 2.21. The largest absolute Gasteiger partial charge is 0.494 e. The van der Waals surface area contributed by atoms with Crippen LogP contribution in [0.3, 0.4) is 0 Å². The molecule has 2 aromatic rings. The van der Waals surface area contributed by atoms with Gasteiger partial charge in [-0.1, -0.05) is 43.7 Å². The van der Waals surface area contributed by atoms with Crippen LogP contribution in [0.1, 0.15) is 51.7 Å². The Morgan fingerprint density at radius 1 is 0.972 bits per heavy atom. The van der Waals surface area contributed by atoms with Gasteiger partial charge in [0.15, 0.2) is 0 Å². The molecule has 0 saturated carbocycles. The molecule has 198 valence electrons. The van der Waals surface area contributed by atoms with E-state index in [1.165, 1.54) is 4.90 Å². The van der Waals surface area contributed by atoms with Gasteiger partial charge in [0, 0.05) is 12.6 Å². The van der Waals surface area contributed by atoms with Crippen LogP contribution in [-0.2, 0) is 26.2 Å². The molecule has 0 radical (unpaired) electrons. The van der Waals surface area contributed by atoms with E-state index in [2.05, 4.69) is 5.32 Å². The molecule has 2 atom stereocenters. The zero-order chi connectivity index (χ0) is 26.9. The first-order valence-electron chi connectivity index (χ1n) is 12.4. The highest BCUT2D eigenvalue weighted by Gasteiger charge is 2.32. The quantitative estimate of drug-likeness (QED) is 0.435. The van der Waals surface area contributed by atoms with Crippen LogP contribution in [-0.4, -0.2) is 56.6 Å². The lowest BCUT2D eigenvalue weighted by Crippen LogP contribution is -2.53. The van der Waals surface area contributed by atoms with Gasteiger partial charge in [0.2, 0.25) is 21.8 Å². The van der Waals surface area contributed by atoms with E-state index in [4.69, 9.17) is 4.74 Å². The Balaban J connectivity index is 2.41. The van der Waals surface area contributed by atoms with Gasteiger partial charge in [-0.15, -0.1) is 0 Å². The van der Waals surface area contributed by atoms with Gasteiger partial charge >= 0.3 is 0 Å². The normalized spacial score (nSPS) is 12.9. The fourth-order valence-corrected chi connectivity index (χ4v) is 4.59. The summed E-state index contributed by atoms with van der Waals surface area (Å²) in [7, 11) is -3.78. The van der Waals surface area contributed by atoms with Crippen LogP contribution in [0, 0.1) is 6.92 Å². The molecule has 0 fully saturated rings. The third-order valence-electron chi connectivity index (χ3n) is 5.98. The molecule has 8 nitrogen and oxygen atoms in total. The minimum absolute atomic E-state index is 0.0424. The van der Waals surface area contributed by atoms with E-state index in [1.54, 1.807) is 24.3 Å². The minimum atomic E-state index is -3.78. The van der Waals surface area contributed by atoms with Crippen molar-refractivity contribution in [1.82, 2.24) is 10.2 Å². The number of amides is 2. The second-order valence-electron chi connectivity index (χ2n) is 8.95. The standard InChI is InChI=1S/C27H39N3O5S/c1-7-21(5)28-27(32)25(8-2)29(18-22-12-10-20(4)11-13-22)26(31)19-30(36(6,33)34)23-14-16-24(17-15-23)35-9-3/h10-17,21,25H,7-9,18-19H2,1-6H3,(H,28,32)/t21-,25+/m0/s1. The maximum Gasteiger partial charge on any atom is 0.244 e. The summed E-state index contributed by atoms with van der Waals surface area (Å²) in [5, 5.41) is 2.97. The van der Waals surface area contributed by atoms with Crippen molar-refractivity contribution in [3.8, 4) is 5.75 Å². The van der Waals surface area contributed by atoms with E-state index in [-0.39, 0.29) is 18.5 Å². The molecule has 0 bridgehead atoms. The van der Waals surface area contributed by atoms with Gasteiger partial charge in [0.05, 0.1) is 18.6 Å². The number of rotatable bonds is 13. The highest BCUT2D eigenvalue weighted by atomic mass is 32.2. The molecular weight excluding hydrogens is 478 g/mol. The van der Waals surface area contributed by atoms with Crippen molar-refractivity contribution in [2.45, 2.75) is 66.1 Å². The molecule has 0 saturated heterocycles. The molecule has 1 N–H and O–H groups in total. The fraction of sp³-hybridized carbons (Fsp3) is 0.481. The molecule has 0 aliphatic carbocycles. The highest BCUT2D eigenvalue weighted by Crippen LogP contribution is 2.23. The van der Waals surface area contributed by atoms with E-state index < -0.39 is 28.5 Å². The minimum Gasteiger partial charge on any atom is -0.494 e. The number of hydrogen-bond donors (Lipinski definition) is 1. The number of nitrogens with zero attached hydrogens (tertiary/aromatic N) is 2. The second-order valence-corrected chi connectivity index (χ2v) is 10.9. The number of nitrogens with one attached hydrogen (secondary N) is 1. The number of hydrogen-bond acceptors (Lipinski definition) is 5. The van der Waals surface area contributed by atoms with Gasteiger partial charge in [-0.2, -0.15) is 0 Å². The van der Waals surface area contributed by atoms with Crippen molar-refractivity contribution >= 4 is 27.5 Å². The van der Waals surface area contributed by atoms with Crippen LogP contribution in [0.4, 0.5) is 5.69 Å². The van der Waals surface area contributed by atoms with Crippen molar-refractivity contribution in [3.63, 3.8) is 0 Å². The maximum atomic E-state index is 13.7. The van der Waals surface area contributed by atoms with Gasteiger partial charge in [-0.25, -0.2) is 8.42 Å². The van der Waals surface area contributed by atoms with Gasteiger partial charge in [-0.05, 0) is 63.4 Å². The lowest BCUT2D eigenvalue weighted by atomic mass is 10.1. The second kappa shape index (κ2) is 13.3. The average molecular weight is 518 g/mol. The Kier molecular flexibility index (Phi) is 10.8. The van der Waals surface area contributed by atoms with Crippen molar-refractivity contribution in [3.05, 3.63) is 59.7 Å². The molecule has 0 aliphatic heterocycles. The summed E-state index contributed by atoms with van der Waals surface area (Å²) in [5.74, 6) is -0.102. The fourth-order valence-electron chi connectivity index (χ4n) is 3.74. The summed E-state index contributed by atoms with van der Waals surface area (Å²) in [5.41, 5.74) is 2.29. The zero-order valence-corrected chi connectivity index (χ0v) is 23.0. The molecule has 0 aromatic heterocycles. The number of sulfonamides is 1. The van der Waals surface area contributed by atoms with Crippen LogP contribution in [0.5, 0.6) is 5.75 Å². The summed E-state index contributed by atoms with van der Waals surface area (Å²) >= 11 is 0. The Morgan fingerprint density at radius 3 is 2.08 bits per heavy atom. The molecule has 36 heavy (non-hydrogen) atoms. The lowest BCUT2D eigenvalue weighted by Gasteiger charge is -2.33. The monoisotopic (exact) mass is 517 g/mol. The molecule has 2 aromatic carbocycles. The van der Waals surface area contributed by atoms with Crippen LogP contribution in [0.25, 0.3) is 0 Å². The molecule has 2 amide bonds. The Hall–Kier alpha value is -3.07. The van der Waals surface area contributed by atoms with Crippen LogP contribution < -0.4 is 14.4 Å². The van der Waals surface area contributed by atoms with E-state index in [0.717, 1.165) is 28.1 Å². The Bertz CT molecular complexity index is 1100. The average Bonchev–Trinajstić information content (AvgIpc) is 2.83. The van der Waals surface area contributed by atoms with E-state index in [0.29, 0.717) is 24.5 Å². The number of aryl methyl sites for hydroxylation is 1. The summed E-state index contributed by atoms with van der Waals surface area (Å²) in [4.78, 5) is 28.3. The predicted molar refractivity (Wildman–Crippen MR) is 144 cm³/mol. The molecular formula is C27H39N3O5S. The van der Waals surface area contributed by atoms with Crippen molar-refractivity contribution in [2.24, 2.45) is 0 Å².